The fourth-order valence-electron chi connectivity index (χ4n) is 4.99. The van der Waals surface area contributed by atoms with Gasteiger partial charge >= 0.3 is 0 Å². The van der Waals surface area contributed by atoms with Gasteiger partial charge in [-0.3, -0.25) is 9.69 Å². The molecule has 2 atom stereocenters. The summed E-state index contributed by atoms with van der Waals surface area (Å²) in [5.74, 6) is -2.61. The number of aryl methyl sites for hydroxylation is 1. The van der Waals surface area contributed by atoms with Crippen LogP contribution in [-0.2, 0) is 18.4 Å². The molecule has 2 aliphatic carbocycles. The molecule has 1 aromatic heterocycles. The van der Waals surface area contributed by atoms with E-state index >= 15 is 0 Å². The number of likely N-dealkylation sites (tertiary alicyclic amines) is 1. The fourth-order valence-corrected chi connectivity index (χ4v) is 4.99. The lowest BCUT2D eigenvalue weighted by molar-refractivity contribution is -0.135. The average molecular weight is 352 g/mol. The number of carbonyl (C=O) groups is 1. The summed E-state index contributed by atoms with van der Waals surface area (Å²) in [6.45, 7) is 2.75. The van der Waals surface area contributed by atoms with Crippen molar-refractivity contribution < 1.29 is 13.6 Å². The van der Waals surface area contributed by atoms with E-state index in [2.05, 4.69) is 15.2 Å². The number of nitrogens with zero attached hydrogens (tertiary/aromatic N) is 3. The standard InChI is InChI=1S/C18H26F2N4O/c1-23-12-21-9-14(23)10-24-6-5-17(11-24)4-2-3-15(17)16(25)22-13-7-18(19,20)8-13/h9,12-13,15H,2-8,10-11H2,1H3,(H,22,25)/t15-,17+/m1/s1. The van der Waals surface area contributed by atoms with Crippen molar-refractivity contribution in [3.63, 3.8) is 0 Å². The summed E-state index contributed by atoms with van der Waals surface area (Å²) in [5, 5.41) is 2.88. The second kappa shape index (κ2) is 6.04. The van der Waals surface area contributed by atoms with Crippen molar-refractivity contribution in [3.05, 3.63) is 18.2 Å². The molecular weight excluding hydrogens is 326 g/mol. The van der Waals surface area contributed by atoms with Gasteiger partial charge in [0, 0.05) is 51.1 Å². The van der Waals surface area contributed by atoms with Crippen LogP contribution >= 0.6 is 0 Å². The van der Waals surface area contributed by atoms with Gasteiger partial charge in [-0.2, -0.15) is 0 Å². The van der Waals surface area contributed by atoms with Crippen molar-refractivity contribution >= 4 is 5.91 Å². The molecule has 1 spiro atoms. The maximum atomic E-state index is 13.0. The van der Waals surface area contributed by atoms with Crippen molar-refractivity contribution in [1.29, 1.82) is 0 Å². The molecule has 1 aliphatic heterocycles. The normalized spacial score (nSPS) is 32.2. The van der Waals surface area contributed by atoms with Crippen LogP contribution in [0.4, 0.5) is 8.78 Å². The number of hydrogen-bond acceptors (Lipinski definition) is 3. The summed E-state index contributed by atoms with van der Waals surface area (Å²) in [5.41, 5.74) is 1.20. The van der Waals surface area contributed by atoms with Gasteiger partial charge < -0.3 is 9.88 Å². The van der Waals surface area contributed by atoms with Crippen LogP contribution in [0.25, 0.3) is 0 Å². The number of nitrogens with one attached hydrogen (secondary N) is 1. The largest absolute Gasteiger partial charge is 0.353 e. The molecule has 3 fully saturated rings. The monoisotopic (exact) mass is 352 g/mol. The Bertz CT molecular complexity index is 653. The maximum Gasteiger partial charge on any atom is 0.252 e. The number of alkyl halides is 2. The molecule has 1 aromatic rings. The van der Waals surface area contributed by atoms with Crippen LogP contribution in [0.5, 0.6) is 0 Å². The minimum atomic E-state index is -2.58. The molecule has 1 saturated heterocycles. The molecule has 4 rings (SSSR count). The van der Waals surface area contributed by atoms with E-state index in [9.17, 15) is 13.6 Å². The van der Waals surface area contributed by atoms with E-state index in [4.69, 9.17) is 0 Å². The first-order valence-corrected chi connectivity index (χ1v) is 9.23. The molecule has 0 unspecified atom stereocenters. The smallest absolute Gasteiger partial charge is 0.252 e. The lowest BCUT2D eigenvalue weighted by Gasteiger charge is -2.38. The zero-order valence-corrected chi connectivity index (χ0v) is 14.7. The first kappa shape index (κ1) is 16.9. The highest BCUT2D eigenvalue weighted by molar-refractivity contribution is 5.80. The molecule has 0 bridgehead atoms. The summed E-state index contributed by atoms with van der Waals surface area (Å²) in [6.07, 6.45) is 7.31. The number of halogens is 2. The topological polar surface area (TPSA) is 50.2 Å². The van der Waals surface area contributed by atoms with E-state index < -0.39 is 5.92 Å². The summed E-state index contributed by atoms with van der Waals surface area (Å²) in [4.78, 5) is 19.3. The van der Waals surface area contributed by atoms with Crippen molar-refractivity contribution in [2.75, 3.05) is 13.1 Å². The molecule has 2 saturated carbocycles. The van der Waals surface area contributed by atoms with Gasteiger partial charge in [-0.1, -0.05) is 6.42 Å². The minimum Gasteiger partial charge on any atom is -0.353 e. The molecule has 5 nitrogen and oxygen atoms in total. The molecule has 1 amide bonds. The predicted octanol–water partition coefficient (Wildman–Crippen LogP) is 2.33. The Hall–Kier alpha value is -1.50. The number of carbonyl (C=O) groups excluding carboxylic acids is 1. The summed E-state index contributed by atoms with van der Waals surface area (Å²) < 4.78 is 28.0. The number of rotatable bonds is 4. The van der Waals surface area contributed by atoms with Crippen LogP contribution in [0.3, 0.4) is 0 Å². The van der Waals surface area contributed by atoms with Crippen molar-refractivity contribution in [1.82, 2.24) is 19.8 Å². The Balaban J connectivity index is 1.37. The summed E-state index contributed by atoms with van der Waals surface area (Å²) in [6, 6.07) is -0.341. The lowest BCUT2D eigenvalue weighted by Crippen LogP contribution is -2.53. The molecule has 1 N–H and O–H groups in total. The van der Waals surface area contributed by atoms with Gasteiger partial charge in [-0.25, -0.2) is 13.8 Å². The third kappa shape index (κ3) is 3.18. The van der Waals surface area contributed by atoms with E-state index in [0.717, 1.165) is 45.3 Å². The third-order valence-corrected chi connectivity index (χ3v) is 6.43. The van der Waals surface area contributed by atoms with Gasteiger partial charge in [-0.05, 0) is 31.2 Å². The predicted molar refractivity (Wildman–Crippen MR) is 89.0 cm³/mol. The second-order valence-corrected chi connectivity index (χ2v) is 8.23. The van der Waals surface area contributed by atoms with Gasteiger partial charge in [0.2, 0.25) is 5.91 Å². The average Bonchev–Trinajstić information content (AvgIpc) is 3.21. The van der Waals surface area contributed by atoms with E-state index in [0.29, 0.717) is 0 Å². The van der Waals surface area contributed by atoms with Crippen LogP contribution in [0, 0.1) is 11.3 Å². The van der Waals surface area contributed by atoms with E-state index in [1.54, 1.807) is 6.33 Å². The van der Waals surface area contributed by atoms with Crippen LogP contribution in [0.2, 0.25) is 0 Å². The quantitative estimate of drug-likeness (QED) is 0.905. The maximum absolute atomic E-state index is 13.0. The number of aromatic nitrogens is 2. The van der Waals surface area contributed by atoms with E-state index in [-0.39, 0.29) is 36.1 Å². The molecule has 0 aromatic carbocycles. The van der Waals surface area contributed by atoms with Crippen molar-refractivity contribution in [2.24, 2.45) is 18.4 Å². The first-order valence-electron chi connectivity index (χ1n) is 9.23. The van der Waals surface area contributed by atoms with Crippen molar-refractivity contribution in [2.45, 2.75) is 57.0 Å². The number of hydrogen-bond donors (Lipinski definition) is 1. The van der Waals surface area contributed by atoms with Crippen molar-refractivity contribution in [3.8, 4) is 0 Å². The van der Waals surface area contributed by atoms with E-state index in [1.165, 1.54) is 5.69 Å². The summed E-state index contributed by atoms with van der Waals surface area (Å²) in [7, 11) is 1.99. The van der Waals surface area contributed by atoms with Crippen LogP contribution in [0.1, 0.15) is 44.2 Å². The van der Waals surface area contributed by atoms with Crippen LogP contribution < -0.4 is 5.32 Å². The molecule has 25 heavy (non-hydrogen) atoms. The van der Waals surface area contributed by atoms with Gasteiger partial charge in [0.25, 0.3) is 5.92 Å². The van der Waals surface area contributed by atoms with E-state index in [1.807, 2.05) is 17.8 Å². The highest BCUT2D eigenvalue weighted by Crippen LogP contribution is 2.50. The molecule has 2 heterocycles. The van der Waals surface area contributed by atoms with Gasteiger partial charge in [0.1, 0.15) is 0 Å². The lowest BCUT2D eigenvalue weighted by atomic mass is 9.76. The SMILES string of the molecule is Cn1cncc1CN1CC[C@@]2(CCC[C@@H]2C(=O)NC2CC(F)(F)C2)C1. The van der Waals surface area contributed by atoms with Gasteiger partial charge in [-0.15, -0.1) is 0 Å². The van der Waals surface area contributed by atoms with Crippen LogP contribution in [-0.4, -0.2) is 45.4 Å². The summed E-state index contributed by atoms with van der Waals surface area (Å²) >= 11 is 0. The minimum absolute atomic E-state index is 0.000355. The van der Waals surface area contributed by atoms with Gasteiger partial charge in [0.15, 0.2) is 0 Å². The van der Waals surface area contributed by atoms with Crippen LogP contribution in [0.15, 0.2) is 12.5 Å². The Morgan fingerprint density at radius 2 is 2.20 bits per heavy atom. The number of amides is 1. The molecule has 7 heteroatoms. The Morgan fingerprint density at radius 1 is 1.40 bits per heavy atom. The molecule has 3 aliphatic rings. The fraction of sp³-hybridized carbons (Fsp3) is 0.778. The second-order valence-electron chi connectivity index (χ2n) is 8.23. The zero-order chi connectivity index (χ0) is 17.7. The highest BCUT2D eigenvalue weighted by Gasteiger charge is 2.52. The van der Waals surface area contributed by atoms with Gasteiger partial charge in [0.05, 0.1) is 12.0 Å². The zero-order valence-electron chi connectivity index (χ0n) is 14.7. The molecule has 138 valence electrons. The third-order valence-electron chi connectivity index (χ3n) is 6.43. The molecular formula is C18H26F2N4O. The Kier molecular flexibility index (Phi) is 4.09. The first-order chi connectivity index (χ1) is 11.9. The molecule has 0 radical (unpaired) electrons. The Labute approximate surface area is 146 Å². The highest BCUT2D eigenvalue weighted by atomic mass is 19.3. The Morgan fingerprint density at radius 3 is 2.88 bits per heavy atom. The number of imidazole rings is 1.